The van der Waals surface area contributed by atoms with Gasteiger partial charge >= 0.3 is 6.09 Å². The van der Waals surface area contributed by atoms with Gasteiger partial charge in [0.05, 0.1) is 16.3 Å². The van der Waals surface area contributed by atoms with Gasteiger partial charge in [0.1, 0.15) is 12.4 Å². The molecule has 28 heavy (non-hydrogen) atoms. The topological polar surface area (TPSA) is 141 Å². The summed E-state index contributed by atoms with van der Waals surface area (Å²) in [6, 6.07) is 11.0. The molecule has 0 spiro atoms. The smallest absolute Gasteiger partial charge is 0.410 e. The van der Waals surface area contributed by atoms with Crippen molar-refractivity contribution < 1.29 is 19.5 Å². The van der Waals surface area contributed by atoms with E-state index in [-0.39, 0.29) is 23.9 Å². The highest BCUT2D eigenvalue weighted by atomic mass is 35.5. The number of ether oxygens (including phenoxy) is 1. The summed E-state index contributed by atoms with van der Waals surface area (Å²) in [7, 11) is 0. The Labute approximate surface area is 168 Å². The lowest BCUT2D eigenvalue weighted by atomic mass is 10.2. The Kier molecular flexibility index (Phi) is 7.55. The van der Waals surface area contributed by atoms with Crippen molar-refractivity contribution in [2.45, 2.75) is 6.61 Å². The first kappa shape index (κ1) is 20.9. The third-order valence-corrected chi connectivity index (χ3v) is 3.74. The molecule has 0 heterocycles. The molecule has 0 aliphatic rings. The summed E-state index contributed by atoms with van der Waals surface area (Å²) < 4.78 is 5.04. The van der Waals surface area contributed by atoms with Gasteiger partial charge in [-0.1, -0.05) is 47.5 Å². The van der Waals surface area contributed by atoms with Crippen molar-refractivity contribution in [3.8, 4) is 5.75 Å². The number of hydrogen-bond donors (Lipinski definition) is 2. The van der Waals surface area contributed by atoms with E-state index in [0.717, 1.165) is 0 Å². The number of amides is 1. The molecule has 3 N–H and O–H groups in total. The molecule has 10 nitrogen and oxygen atoms in total. The zero-order valence-corrected chi connectivity index (χ0v) is 15.6. The Hall–Kier alpha value is -3.37. The second-order valence-corrected chi connectivity index (χ2v) is 5.80. The fraction of sp³-hybridized carbons (Fsp3) is 0.0625. The van der Waals surface area contributed by atoms with Crippen molar-refractivity contribution in [3.05, 3.63) is 73.8 Å². The summed E-state index contributed by atoms with van der Waals surface area (Å²) in [6.07, 6.45) is 0.301. The molecular formula is C16H13Cl2N5O5. The zero-order chi connectivity index (χ0) is 20.5. The largest absolute Gasteiger partial charge is 0.419 e. The standard InChI is InChI=1S/C16H13Cl2N5O5/c17-12-5-3-6-13(18)11(12)8-20-22-15(19)21-16(24)28-14-7-2-1-4-10(14)9-27-23(25)26/h1-8H,9H2,(H3,19,21,22,24)/b20-8+. The maximum atomic E-state index is 11.9. The van der Waals surface area contributed by atoms with Crippen molar-refractivity contribution in [1.29, 1.82) is 0 Å². The molecule has 2 aromatic rings. The molecule has 0 saturated carbocycles. The molecule has 146 valence electrons. The summed E-state index contributed by atoms with van der Waals surface area (Å²) >= 11 is 12.0. The molecule has 1 amide bonds. The number of nitrogens with one attached hydrogen (secondary N) is 1. The Morgan fingerprint density at radius 2 is 1.89 bits per heavy atom. The molecule has 0 bridgehead atoms. The molecule has 0 fully saturated rings. The van der Waals surface area contributed by atoms with Gasteiger partial charge < -0.3 is 15.3 Å². The first-order valence-electron chi connectivity index (χ1n) is 7.51. The van der Waals surface area contributed by atoms with E-state index >= 15 is 0 Å². The van der Waals surface area contributed by atoms with E-state index < -0.39 is 11.2 Å². The van der Waals surface area contributed by atoms with Gasteiger partial charge in [-0.2, -0.15) is 5.10 Å². The lowest BCUT2D eigenvalue weighted by Gasteiger charge is -2.09. The second-order valence-electron chi connectivity index (χ2n) is 4.98. The van der Waals surface area contributed by atoms with Crippen molar-refractivity contribution >= 4 is 41.5 Å². The minimum Gasteiger partial charge on any atom is -0.410 e. The number of carbonyl (C=O) groups excluding carboxylic acids is 1. The first-order chi connectivity index (χ1) is 13.4. The SMILES string of the molecule is N/C(=N\N=C\c1c(Cl)cccc1Cl)NC(=O)Oc1ccccc1CO[N+](=O)[O-]. The minimum absolute atomic E-state index is 0.0565. The molecule has 0 saturated heterocycles. The van der Waals surface area contributed by atoms with E-state index in [1.54, 1.807) is 30.3 Å². The predicted molar refractivity (Wildman–Crippen MR) is 103 cm³/mol. The van der Waals surface area contributed by atoms with Crippen LogP contribution in [0.15, 0.2) is 52.7 Å². The highest BCUT2D eigenvalue weighted by Crippen LogP contribution is 2.22. The fourth-order valence-electron chi connectivity index (χ4n) is 1.88. The van der Waals surface area contributed by atoms with Crippen LogP contribution in [0.3, 0.4) is 0 Å². The Bertz CT molecular complexity index is 915. The van der Waals surface area contributed by atoms with Gasteiger partial charge in [0, 0.05) is 11.1 Å². The molecule has 0 unspecified atom stereocenters. The van der Waals surface area contributed by atoms with Gasteiger partial charge in [-0.3, -0.25) is 5.32 Å². The van der Waals surface area contributed by atoms with Crippen LogP contribution in [0, 0.1) is 10.1 Å². The van der Waals surface area contributed by atoms with Crippen molar-refractivity contribution in [2.24, 2.45) is 15.9 Å². The minimum atomic E-state index is -0.972. The highest BCUT2D eigenvalue weighted by Gasteiger charge is 2.11. The monoisotopic (exact) mass is 425 g/mol. The van der Waals surface area contributed by atoms with E-state index in [2.05, 4.69) is 20.4 Å². The Morgan fingerprint density at radius 1 is 1.21 bits per heavy atom. The number of halogens is 2. The average molecular weight is 426 g/mol. The normalized spacial score (nSPS) is 11.3. The van der Waals surface area contributed by atoms with Gasteiger partial charge in [0.15, 0.2) is 0 Å². The molecule has 12 heteroatoms. The third-order valence-electron chi connectivity index (χ3n) is 3.08. The number of guanidine groups is 1. The average Bonchev–Trinajstić information content (AvgIpc) is 2.63. The quantitative estimate of drug-likeness (QED) is 0.315. The van der Waals surface area contributed by atoms with Crippen LogP contribution < -0.4 is 15.8 Å². The van der Waals surface area contributed by atoms with Gasteiger partial charge in [-0.15, -0.1) is 15.2 Å². The number of benzene rings is 2. The molecular weight excluding hydrogens is 413 g/mol. The first-order valence-corrected chi connectivity index (χ1v) is 8.27. The predicted octanol–water partition coefficient (Wildman–Crippen LogP) is 3.14. The van der Waals surface area contributed by atoms with Crippen LogP contribution in [-0.2, 0) is 11.4 Å². The number of nitrogens with two attached hydrogens (primary N) is 1. The Balaban J connectivity index is 1.98. The Morgan fingerprint density at radius 3 is 2.57 bits per heavy atom. The van der Waals surface area contributed by atoms with E-state index in [1.807, 2.05) is 0 Å². The van der Waals surface area contributed by atoms with Crippen LogP contribution in [0.2, 0.25) is 10.0 Å². The highest BCUT2D eigenvalue weighted by molar-refractivity contribution is 6.38. The number of para-hydroxylation sites is 1. The van der Waals surface area contributed by atoms with Crippen LogP contribution in [0.4, 0.5) is 4.79 Å². The van der Waals surface area contributed by atoms with E-state index in [1.165, 1.54) is 18.3 Å². The van der Waals surface area contributed by atoms with Crippen molar-refractivity contribution in [2.75, 3.05) is 0 Å². The van der Waals surface area contributed by atoms with Crippen LogP contribution in [0.25, 0.3) is 0 Å². The van der Waals surface area contributed by atoms with Crippen molar-refractivity contribution in [1.82, 2.24) is 5.32 Å². The summed E-state index contributed by atoms with van der Waals surface area (Å²) in [6.45, 7) is -0.386. The molecule has 0 radical (unpaired) electrons. The molecule has 0 aliphatic heterocycles. The van der Waals surface area contributed by atoms with Gasteiger partial charge in [-0.25, -0.2) is 4.79 Å². The maximum Gasteiger partial charge on any atom is 0.419 e. The van der Waals surface area contributed by atoms with E-state index in [9.17, 15) is 14.9 Å². The number of nitrogens with zero attached hydrogens (tertiary/aromatic N) is 3. The number of rotatable bonds is 6. The number of hydrogen-bond acceptors (Lipinski definition) is 7. The van der Waals surface area contributed by atoms with Gasteiger partial charge in [-0.05, 0) is 18.2 Å². The molecule has 0 aliphatic carbocycles. The summed E-state index contributed by atoms with van der Waals surface area (Å²) in [5.41, 5.74) is 6.27. The second kappa shape index (κ2) is 10.1. The maximum absolute atomic E-state index is 11.9. The summed E-state index contributed by atoms with van der Waals surface area (Å²) in [5, 5.41) is 19.5. The van der Waals surface area contributed by atoms with E-state index in [0.29, 0.717) is 15.6 Å². The molecule has 2 rings (SSSR count). The van der Waals surface area contributed by atoms with Crippen molar-refractivity contribution in [3.63, 3.8) is 0 Å². The third kappa shape index (κ3) is 6.41. The van der Waals surface area contributed by atoms with Crippen LogP contribution in [-0.4, -0.2) is 23.4 Å². The van der Waals surface area contributed by atoms with E-state index in [4.69, 9.17) is 33.7 Å². The lowest BCUT2D eigenvalue weighted by Crippen LogP contribution is -2.38. The van der Waals surface area contributed by atoms with Gasteiger partial charge in [0.2, 0.25) is 5.96 Å². The lowest BCUT2D eigenvalue weighted by molar-refractivity contribution is -0.763. The molecule has 0 aromatic heterocycles. The van der Waals surface area contributed by atoms with Crippen LogP contribution >= 0.6 is 23.2 Å². The summed E-state index contributed by atoms with van der Waals surface area (Å²) in [4.78, 5) is 26.5. The molecule has 2 aromatic carbocycles. The van der Waals surface area contributed by atoms with Gasteiger partial charge in [0.25, 0.3) is 5.09 Å². The summed E-state index contributed by atoms with van der Waals surface area (Å²) in [5.74, 6) is -0.301. The molecule has 0 atom stereocenters. The van der Waals surface area contributed by atoms with Crippen LogP contribution in [0.1, 0.15) is 11.1 Å². The zero-order valence-electron chi connectivity index (χ0n) is 14.0. The fourth-order valence-corrected chi connectivity index (χ4v) is 2.38. The number of carbonyl (C=O) groups is 1. The van der Waals surface area contributed by atoms with Crippen LogP contribution in [0.5, 0.6) is 5.75 Å².